The molecule has 0 saturated carbocycles. The highest BCUT2D eigenvalue weighted by Gasteiger charge is 2.18. The summed E-state index contributed by atoms with van der Waals surface area (Å²) in [5, 5.41) is 0. The second-order valence-electron chi connectivity index (χ2n) is 8.76. The normalized spacial score (nSPS) is 10.2. The molecule has 0 aliphatic rings. The number of nitrogens with zero attached hydrogens (tertiary/aromatic N) is 1. The largest absolute Gasteiger partial charge is 0.489 e. The minimum atomic E-state index is -0.361. The number of amides is 1. The van der Waals surface area contributed by atoms with Crippen molar-refractivity contribution in [2.24, 2.45) is 0 Å². The SMILES string of the molecule is CCc1ccc(OCc2ccccc2)c(CN(C(C)=O)c2cc(F)ccc2C)c1.Cc1ccccc1. The van der Waals surface area contributed by atoms with Crippen molar-refractivity contribution >= 4 is 11.6 Å². The third-order valence-electron chi connectivity index (χ3n) is 5.88. The van der Waals surface area contributed by atoms with Gasteiger partial charge in [-0.1, -0.05) is 91.3 Å². The van der Waals surface area contributed by atoms with Crippen LogP contribution in [-0.4, -0.2) is 5.91 Å². The van der Waals surface area contributed by atoms with Gasteiger partial charge in [0, 0.05) is 18.2 Å². The summed E-state index contributed by atoms with van der Waals surface area (Å²) in [7, 11) is 0. The summed E-state index contributed by atoms with van der Waals surface area (Å²) in [6.45, 7) is 8.30. The highest BCUT2D eigenvalue weighted by Crippen LogP contribution is 2.28. The van der Waals surface area contributed by atoms with Crippen LogP contribution in [-0.2, 0) is 24.4 Å². The zero-order valence-corrected chi connectivity index (χ0v) is 21.5. The van der Waals surface area contributed by atoms with Crippen LogP contribution >= 0.6 is 0 Å². The van der Waals surface area contributed by atoms with Gasteiger partial charge >= 0.3 is 0 Å². The topological polar surface area (TPSA) is 29.5 Å². The molecule has 0 bridgehead atoms. The van der Waals surface area contributed by atoms with Crippen molar-refractivity contribution in [3.05, 3.63) is 131 Å². The number of hydrogen-bond acceptors (Lipinski definition) is 2. The Morgan fingerprint density at radius 1 is 0.833 bits per heavy atom. The van der Waals surface area contributed by atoms with E-state index in [1.807, 2.05) is 67.6 Å². The molecule has 4 rings (SSSR count). The maximum Gasteiger partial charge on any atom is 0.224 e. The first-order valence-electron chi connectivity index (χ1n) is 12.2. The first kappa shape index (κ1) is 26.7. The van der Waals surface area contributed by atoms with Gasteiger partial charge in [0.05, 0.1) is 6.54 Å². The average Bonchev–Trinajstić information content (AvgIpc) is 2.89. The lowest BCUT2D eigenvalue weighted by Gasteiger charge is -2.25. The van der Waals surface area contributed by atoms with Gasteiger partial charge in [-0.15, -0.1) is 0 Å². The summed E-state index contributed by atoms with van der Waals surface area (Å²) in [4.78, 5) is 14.0. The quantitative estimate of drug-likeness (QED) is 0.268. The average molecular weight is 484 g/mol. The van der Waals surface area contributed by atoms with E-state index in [1.54, 1.807) is 11.0 Å². The highest BCUT2D eigenvalue weighted by atomic mass is 19.1. The molecule has 0 atom stereocenters. The van der Waals surface area contributed by atoms with E-state index < -0.39 is 0 Å². The zero-order valence-electron chi connectivity index (χ0n) is 21.5. The third-order valence-corrected chi connectivity index (χ3v) is 5.88. The minimum Gasteiger partial charge on any atom is -0.489 e. The zero-order chi connectivity index (χ0) is 25.9. The molecule has 1 amide bonds. The van der Waals surface area contributed by atoms with Gasteiger partial charge in [-0.2, -0.15) is 0 Å². The third kappa shape index (κ3) is 7.81. The number of benzene rings is 4. The van der Waals surface area contributed by atoms with Crippen molar-refractivity contribution in [1.29, 1.82) is 0 Å². The molecule has 0 saturated heterocycles. The first-order chi connectivity index (χ1) is 17.4. The molecule has 0 aliphatic carbocycles. The smallest absolute Gasteiger partial charge is 0.224 e. The number of carbonyl (C=O) groups excluding carboxylic acids is 1. The lowest BCUT2D eigenvalue weighted by molar-refractivity contribution is -0.116. The van der Waals surface area contributed by atoms with Crippen LogP contribution in [0.5, 0.6) is 5.75 Å². The Morgan fingerprint density at radius 2 is 1.50 bits per heavy atom. The molecular formula is C32H34FNO2. The predicted octanol–water partition coefficient (Wildman–Crippen LogP) is 7.82. The van der Waals surface area contributed by atoms with Gasteiger partial charge in [0.25, 0.3) is 0 Å². The first-order valence-corrected chi connectivity index (χ1v) is 12.2. The number of halogens is 1. The van der Waals surface area contributed by atoms with Gasteiger partial charge in [0.1, 0.15) is 18.2 Å². The van der Waals surface area contributed by atoms with E-state index in [9.17, 15) is 9.18 Å². The van der Waals surface area contributed by atoms with Crippen LogP contribution in [0.4, 0.5) is 10.1 Å². The van der Waals surface area contributed by atoms with Crippen LogP contribution in [0.15, 0.2) is 97.1 Å². The number of ether oxygens (including phenoxy) is 1. The predicted molar refractivity (Wildman–Crippen MR) is 146 cm³/mol. The van der Waals surface area contributed by atoms with E-state index in [0.717, 1.165) is 34.4 Å². The van der Waals surface area contributed by atoms with E-state index >= 15 is 0 Å². The number of anilines is 1. The summed E-state index contributed by atoms with van der Waals surface area (Å²) in [5.41, 5.74) is 5.88. The van der Waals surface area contributed by atoms with Crippen LogP contribution in [0.25, 0.3) is 0 Å². The van der Waals surface area contributed by atoms with E-state index in [4.69, 9.17) is 4.74 Å². The van der Waals surface area contributed by atoms with E-state index in [-0.39, 0.29) is 11.7 Å². The van der Waals surface area contributed by atoms with Gasteiger partial charge in [0.15, 0.2) is 0 Å². The maximum atomic E-state index is 13.9. The number of aryl methyl sites for hydroxylation is 3. The Kier molecular flexibility index (Phi) is 9.82. The summed E-state index contributed by atoms with van der Waals surface area (Å²) in [6.07, 6.45) is 0.880. The molecule has 0 unspecified atom stereocenters. The highest BCUT2D eigenvalue weighted by molar-refractivity contribution is 5.92. The molecule has 0 aliphatic heterocycles. The fourth-order valence-corrected chi connectivity index (χ4v) is 3.80. The van der Waals surface area contributed by atoms with Gasteiger partial charge in [0.2, 0.25) is 5.91 Å². The van der Waals surface area contributed by atoms with Crippen molar-refractivity contribution in [3.8, 4) is 5.75 Å². The van der Waals surface area contributed by atoms with Crippen molar-refractivity contribution in [2.45, 2.75) is 47.3 Å². The van der Waals surface area contributed by atoms with E-state index in [2.05, 4.69) is 32.0 Å². The Balaban J connectivity index is 0.000000444. The van der Waals surface area contributed by atoms with Crippen LogP contribution in [0.2, 0.25) is 0 Å². The molecule has 0 radical (unpaired) electrons. The van der Waals surface area contributed by atoms with Crippen molar-refractivity contribution in [3.63, 3.8) is 0 Å². The van der Waals surface area contributed by atoms with Crippen molar-refractivity contribution in [1.82, 2.24) is 0 Å². The Bertz CT molecular complexity index is 1260. The molecule has 3 nitrogen and oxygen atoms in total. The summed E-state index contributed by atoms with van der Waals surface area (Å²) in [6, 6.07) is 30.8. The van der Waals surface area contributed by atoms with Crippen molar-refractivity contribution < 1.29 is 13.9 Å². The fourth-order valence-electron chi connectivity index (χ4n) is 3.80. The molecule has 0 fully saturated rings. The maximum absolute atomic E-state index is 13.9. The molecular weight excluding hydrogens is 449 g/mol. The lowest BCUT2D eigenvalue weighted by atomic mass is 10.1. The monoisotopic (exact) mass is 483 g/mol. The standard InChI is InChI=1S/C25H26FNO2.C7H8/c1-4-20-11-13-25(29-17-21-8-6-5-7-9-21)22(14-20)16-27(19(3)28)24-15-23(26)12-10-18(24)2;1-7-5-3-2-4-6-7/h5-15H,4,16-17H2,1-3H3;2-6H,1H3. The second kappa shape index (κ2) is 13.2. The molecule has 0 N–H and O–H groups in total. The Labute approximate surface area is 214 Å². The minimum absolute atomic E-state index is 0.144. The van der Waals surface area contributed by atoms with Gasteiger partial charge in [-0.3, -0.25) is 4.79 Å². The van der Waals surface area contributed by atoms with Gasteiger partial charge in [-0.05, 0) is 55.2 Å². The number of carbonyl (C=O) groups is 1. The molecule has 4 aromatic rings. The van der Waals surface area contributed by atoms with Crippen LogP contribution in [0, 0.1) is 19.7 Å². The molecule has 0 aromatic heterocycles. The number of hydrogen-bond donors (Lipinski definition) is 0. The Morgan fingerprint density at radius 3 is 2.08 bits per heavy atom. The van der Waals surface area contributed by atoms with E-state index in [1.165, 1.54) is 24.6 Å². The van der Waals surface area contributed by atoms with Gasteiger partial charge in [-0.25, -0.2) is 4.39 Å². The molecule has 4 aromatic carbocycles. The van der Waals surface area contributed by atoms with Crippen LogP contribution in [0.3, 0.4) is 0 Å². The summed E-state index contributed by atoms with van der Waals surface area (Å²) < 4.78 is 19.9. The molecule has 186 valence electrons. The van der Waals surface area contributed by atoms with E-state index in [0.29, 0.717) is 18.8 Å². The molecule has 4 heteroatoms. The summed E-state index contributed by atoms with van der Waals surface area (Å²) in [5.74, 6) is 0.223. The van der Waals surface area contributed by atoms with Gasteiger partial charge < -0.3 is 9.64 Å². The number of rotatable bonds is 7. The lowest BCUT2D eigenvalue weighted by Crippen LogP contribution is -2.29. The van der Waals surface area contributed by atoms with Crippen LogP contribution < -0.4 is 9.64 Å². The Hall–Kier alpha value is -3.92. The van der Waals surface area contributed by atoms with Crippen LogP contribution in [0.1, 0.15) is 41.7 Å². The fraction of sp³-hybridized carbons (Fsp3) is 0.219. The molecule has 0 heterocycles. The summed E-state index contributed by atoms with van der Waals surface area (Å²) >= 11 is 0. The second-order valence-corrected chi connectivity index (χ2v) is 8.76. The van der Waals surface area contributed by atoms with Crippen molar-refractivity contribution in [2.75, 3.05) is 4.90 Å². The molecule has 36 heavy (non-hydrogen) atoms. The molecule has 0 spiro atoms.